The van der Waals surface area contributed by atoms with Gasteiger partial charge in [0.05, 0.1) is 13.2 Å². The number of rotatable bonds is 18. The van der Waals surface area contributed by atoms with Gasteiger partial charge in [0.2, 0.25) is 10.4 Å². The van der Waals surface area contributed by atoms with Gasteiger partial charge in [-0.2, -0.15) is 0 Å². The Labute approximate surface area is 179 Å². The molecule has 2 N–H and O–H groups in total. The van der Waals surface area contributed by atoms with E-state index in [4.69, 9.17) is 0 Å². The molecule has 6 nitrogen and oxygen atoms in total. The van der Waals surface area contributed by atoms with E-state index in [2.05, 4.69) is 33.6 Å². The van der Waals surface area contributed by atoms with Crippen LogP contribution >= 0.6 is 0 Å². The van der Waals surface area contributed by atoms with Crippen molar-refractivity contribution in [2.75, 3.05) is 19.7 Å². The first kappa shape index (κ1) is 28.2. The van der Waals surface area contributed by atoms with Crippen molar-refractivity contribution in [2.24, 2.45) is 4.99 Å². The monoisotopic (exact) mass is 432 g/mol. The highest BCUT2D eigenvalue weighted by atomic mass is 32.3. The molecule has 172 valence electrons. The number of nitrogens with zero attached hydrogens (tertiary/aromatic N) is 1. The van der Waals surface area contributed by atoms with E-state index in [0.29, 0.717) is 6.42 Å². The first-order chi connectivity index (χ1) is 14.1. The molecule has 7 heteroatoms. The topological polar surface area (TPSA) is 95.4 Å². The summed E-state index contributed by atoms with van der Waals surface area (Å²) in [5, 5.41) is 2.07. The van der Waals surface area contributed by atoms with E-state index in [1.54, 1.807) is 0 Å². The van der Waals surface area contributed by atoms with Gasteiger partial charge in [0.15, 0.2) is 6.34 Å². The molecule has 1 heterocycles. The van der Waals surface area contributed by atoms with E-state index in [0.717, 1.165) is 25.9 Å². The van der Waals surface area contributed by atoms with E-state index in [-0.39, 0.29) is 6.61 Å². The Balaban J connectivity index is 0.00000135. The van der Waals surface area contributed by atoms with Crippen LogP contribution in [0.4, 0.5) is 0 Å². The molecule has 0 saturated carbocycles. The molecule has 29 heavy (non-hydrogen) atoms. The van der Waals surface area contributed by atoms with Crippen LogP contribution in [0.2, 0.25) is 0 Å². The lowest BCUT2D eigenvalue weighted by Gasteiger charge is -2.06. The first-order valence-electron chi connectivity index (χ1n) is 11.6. The van der Waals surface area contributed by atoms with Crippen molar-refractivity contribution >= 4 is 16.7 Å². The summed E-state index contributed by atoms with van der Waals surface area (Å²) in [4.78, 5) is 3.90. The summed E-state index contributed by atoms with van der Waals surface area (Å²) in [6.07, 6.45) is 24.7. The molecule has 1 aliphatic rings. The van der Waals surface area contributed by atoms with Crippen molar-refractivity contribution in [1.29, 1.82) is 0 Å². The van der Waals surface area contributed by atoms with E-state index in [1.165, 1.54) is 77.0 Å². The number of nitrogens with two attached hydrogens (primary N) is 1. The van der Waals surface area contributed by atoms with Crippen LogP contribution < -0.4 is 5.32 Å². The Kier molecular flexibility index (Phi) is 21.4. The van der Waals surface area contributed by atoms with Crippen LogP contribution in [-0.2, 0) is 14.6 Å². The van der Waals surface area contributed by atoms with Crippen LogP contribution in [0, 0.1) is 0 Å². The minimum absolute atomic E-state index is 0.0230. The molecule has 0 saturated heterocycles. The van der Waals surface area contributed by atoms with Crippen LogP contribution in [0.5, 0.6) is 0 Å². The van der Waals surface area contributed by atoms with Crippen LogP contribution in [0.3, 0.4) is 0 Å². The Bertz CT molecular complexity index is 487. The largest absolute Gasteiger partial charge is 0.726 e. The zero-order valence-corrected chi connectivity index (χ0v) is 19.3. The number of quaternary nitrogens is 1. The fourth-order valence-electron chi connectivity index (χ4n) is 3.06. The van der Waals surface area contributed by atoms with Gasteiger partial charge >= 0.3 is 0 Å². The smallest absolute Gasteiger partial charge is 0.217 e. The standard InChI is InChI=1S/C19H38O4S.C3H6N2/c1-2-3-4-5-6-7-8-9-10-11-12-13-14-15-16-17-18-19-23-24(20,21)22;1-2-5-3-4-1/h9-10H,2-8,11-19H2,1H3,(H,20,21,22);3H,1-2H2,(H,4,5)/b10-9-;. The van der Waals surface area contributed by atoms with Crippen LogP contribution in [0.15, 0.2) is 17.1 Å². The van der Waals surface area contributed by atoms with Crippen LogP contribution in [-0.4, -0.2) is 39.0 Å². The highest BCUT2D eigenvalue weighted by molar-refractivity contribution is 7.80. The molecule has 1 rings (SSSR count). The highest BCUT2D eigenvalue weighted by Crippen LogP contribution is 2.10. The second kappa shape index (κ2) is 21.9. The van der Waals surface area contributed by atoms with Gasteiger partial charge < -0.3 is 9.87 Å². The second-order valence-electron chi connectivity index (χ2n) is 7.60. The SMILES string of the molecule is C1=NCC[NH2+]1.CCCCCCCC/C=C\CCCCCCCCCOS(=O)(=O)[O-]. The van der Waals surface area contributed by atoms with Gasteiger partial charge in [-0.05, 0) is 32.1 Å². The number of unbranched alkanes of at least 4 members (excludes halogenated alkanes) is 13. The Morgan fingerprint density at radius 3 is 1.83 bits per heavy atom. The summed E-state index contributed by atoms with van der Waals surface area (Å²) in [7, 11) is -4.50. The lowest BCUT2D eigenvalue weighted by atomic mass is 10.1. The molecule has 0 atom stereocenters. The van der Waals surface area contributed by atoms with Crippen molar-refractivity contribution in [3.8, 4) is 0 Å². The quantitative estimate of drug-likeness (QED) is 0.149. The van der Waals surface area contributed by atoms with E-state index in [9.17, 15) is 13.0 Å². The van der Waals surface area contributed by atoms with Crippen molar-refractivity contribution in [1.82, 2.24) is 0 Å². The van der Waals surface area contributed by atoms with Crippen molar-refractivity contribution in [3.05, 3.63) is 12.2 Å². The Hall–Kier alpha value is -0.760. The summed E-state index contributed by atoms with van der Waals surface area (Å²) >= 11 is 0. The maximum atomic E-state index is 10.2. The molecule has 0 aromatic carbocycles. The number of aliphatic imine (C=N–C) groups is 1. The van der Waals surface area contributed by atoms with Crippen LogP contribution in [0.1, 0.15) is 103 Å². The molecular weight excluding hydrogens is 388 g/mol. The zero-order chi connectivity index (χ0) is 21.5. The summed E-state index contributed by atoms with van der Waals surface area (Å²) in [6.45, 7) is 4.44. The Morgan fingerprint density at radius 2 is 1.41 bits per heavy atom. The van der Waals surface area contributed by atoms with Gasteiger partial charge in [-0.25, -0.2) is 13.4 Å². The summed E-state index contributed by atoms with van der Waals surface area (Å²) < 4.78 is 34.8. The molecule has 0 fully saturated rings. The minimum atomic E-state index is -4.50. The number of hydrogen-bond acceptors (Lipinski definition) is 5. The fraction of sp³-hybridized carbons (Fsp3) is 0.864. The van der Waals surface area contributed by atoms with Gasteiger partial charge in [-0.15, -0.1) is 0 Å². The molecule has 0 aromatic heterocycles. The minimum Gasteiger partial charge on any atom is -0.726 e. The van der Waals surface area contributed by atoms with Gasteiger partial charge in [0, 0.05) is 0 Å². The second-order valence-corrected chi connectivity index (χ2v) is 8.65. The molecule has 0 bridgehead atoms. The van der Waals surface area contributed by atoms with Gasteiger partial charge in [-0.3, -0.25) is 4.18 Å². The third-order valence-electron chi connectivity index (χ3n) is 4.77. The summed E-state index contributed by atoms with van der Waals surface area (Å²) in [5.74, 6) is 0. The van der Waals surface area contributed by atoms with Gasteiger partial charge in [0.1, 0.15) is 6.54 Å². The fourth-order valence-corrected chi connectivity index (χ4v) is 3.38. The zero-order valence-electron chi connectivity index (χ0n) is 18.5. The molecule has 0 unspecified atom stereocenters. The molecule has 0 radical (unpaired) electrons. The van der Waals surface area contributed by atoms with Crippen molar-refractivity contribution in [2.45, 2.75) is 103 Å². The van der Waals surface area contributed by atoms with Crippen molar-refractivity contribution < 1.29 is 22.5 Å². The molecule has 0 aromatic rings. The number of allylic oxidation sites excluding steroid dienone is 2. The molecule has 0 amide bonds. The lowest BCUT2D eigenvalue weighted by Crippen LogP contribution is -2.80. The molecular formula is C22H44N2O4S. The predicted octanol–water partition coefficient (Wildman–Crippen LogP) is 4.48. The molecule has 0 aliphatic carbocycles. The van der Waals surface area contributed by atoms with E-state index < -0.39 is 10.4 Å². The van der Waals surface area contributed by atoms with Crippen LogP contribution in [0.25, 0.3) is 0 Å². The third-order valence-corrected chi connectivity index (χ3v) is 5.22. The molecule has 1 aliphatic heterocycles. The van der Waals surface area contributed by atoms with Gasteiger partial charge in [0.25, 0.3) is 0 Å². The van der Waals surface area contributed by atoms with Crippen molar-refractivity contribution in [3.63, 3.8) is 0 Å². The maximum Gasteiger partial charge on any atom is 0.217 e. The predicted molar refractivity (Wildman–Crippen MR) is 120 cm³/mol. The number of hydrogen-bond donors (Lipinski definition) is 1. The average molecular weight is 433 g/mol. The Morgan fingerprint density at radius 1 is 0.897 bits per heavy atom. The molecule has 0 spiro atoms. The summed E-state index contributed by atoms with van der Waals surface area (Å²) in [5.41, 5.74) is 0. The third kappa shape index (κ3) is 27.2. The lowest BCUT2D eigenvalue weighted by molar-refractivity contribution is -0.518. The first-order valence-corrected chi connectivity index (χ1v) is 13.0. The average Bonchev–Trinajstić information content (AvgIpc) is 3.26. The normalized spacial score (nSPS) is 13.7. The van der Waals surface area contributed by atoms with E-state index in [1.807, 2.05) is 6.34 Å². The highest BCUT2D eigenvalue weighted by Gasteiger charge is 1.95. The van der Waals surface area contributed by atoms with E-state index >= 15 is 0 Å². The van der Waals surface area contributed by atoms with Gasteiger partial charge in [-0.1, -0.05) is 83.3 Å². The maximum absolute atomic E-state index is 10.2. The summed E-state index contributed by atoms with van der Waals surface area (Å²) in [6, 6.07) is 0.